The molecule has 1 unspecified atom stereocenters. The van der Waals surface area contributed by atoms with Crippen molar-refractivity contribution in [1.29, 1.82) is 0 Å². The van der Waals surface area contributed by atoms with Gasteiger partial charge in [-0.05, 0) is 54.4 Å². The molecule has 2 aromatic rings. The van der Waals surface area contributed by atoms with E-state index in [1.807, 2.05) is 44.2 Å². The zero-order valence-corrected chi connectivity index (χ0v) is 13.8. The van der Waals surface area contributed by atoms with Crippen molar-refractivity contribution in [3.05, 3.63) is 46.0 Å². The van der Waals surface area contributed by atoms with Crippen LogP contribution in [0.5, 0.6) is 0 Å². The molecule has 0 saturated carbocycles. The minimum Gasteiger partial charge on any atom is -0.317 e. The summed E-state index contributed by atoms with van der Waals surface area (Å²) in [5.74, 6) is 0. The number of hydrogen-bond donors (Lipinski definition) is 1. The molecular weight excluding hydrogens is 316 g/mol. The van der Waals surface area contributed by atoms with Crippen LogP contribution in [0.4, 0.5) is 0 Å². The van der Waals surface area contributed by atoms with Crippen molar-refractivity contribution >= 4 is 15.9 Å². The van der Waals surface area contributed by atoms with Crippen molar-refractivity contribution in [1.82, 2.24) is 20.1 Å². The van der Waals surface area contributed by atoms with Crippen molar-refractivity contribution in [2.24, 2.45) is 7.05 Å². The maximum Gasteiger partial charge on any atom is 0.0738 e. The first kappa shape index (κ1) is 15.2. The van der Waals surface area contributed by atoms with Gasteiger partial charge in [-0.15, -0.1) is 0 Å². The maximum atomic E-state index is 4.45. The molecule has 2 aromatic heterocycles. The molecule has 0 aliphatic carbocycles. The standard InChI is InChI=1S/C15H21BrN4/c1-11-15(16)14(20(3)19-11)9-13(17-2)7-6-12-5-4-8-18-10-12/h4-5,8,10,13,17H,6-7,9H2,1-3H3. The number of aryl methyl sites for hydroxylation is 3. The number of nitrogens with zero attached hydrogens (tertiary/aromatic N) is 3. The maximum absolute atomic E-state index is 4.45. The smallest absolute Gasteiger partial charge is 0.0738 e. The third kappa shape index (κ3) is 3.67. The molecule has 108 valence electrons. The highest BCUT2D eigenvalue weighted by Gasteiger charge is 2.15. The Balaban J connectivity index is 1.99. The van der Waals surface area contributed by atoms with Gasteiger partial charge in [0.05, 0.1) is 15.9 Å². The van der Waals surface area contributed by atoms with E-state index in [4.69, 9.17) is 0 Å². The molecule has 0 fully saturated rings. The van der Waals surface area contributed by atoms with E-state index in [0.29, 0.717) is 6.04 Å². The minimum absolute atomic E-state index is 0.432. The van der Waals surface area contributed by atoms with Crippen molar-refractivity contribution in [2.75, 3.05) is 7.05 Å². The Bertz CT molecular complexity index is 551. The van der Waals surface area contributed by atoms with E-state index in [2.05, 4.69) is 37.4 Å². The van der Waals surface area contributed by atoms with Gasteiger partial charge in [-0.3, -0.25) is 9.67 Å². The number of likely N-dealkylation sites (N-methyl/N-ethyl adjacent to an activating group) is 1. The molecule has 0 saturated heterocycles. The first-order chi connectivity index (χ1) is 9.61. The Morgan fingerprint density at radius 2 is 2.25 bits per heavy atom. The second-order valence-electron chi connectivity index (χ2n) is 5.06. The van der Waals surface area contributed by atoms with Crippen LogP contribution in [0.3, 0.4) is 0 Å². The molecule has 0 amide bonds. The molecule has 0 aliphatic rings. The Hall–Kier alpha value is -1.20. The van der Waals surface area contributed by atoms with Crippen LogP contribution in [-0.2, 0) is 19.9 Å². The fourth-order valence-corrected chi connectivity index (χ4v) is 2.87. The molecule has 0 bridgehead atoms. The average Bonchev–Trinajstić information content (AvgIpc) is 2.70. The van der Waals surface area contributed by atoms with Crippen LogP contribution in [-0.4, -0.2) is 27.9 Å². The quantitative estimate of drug-likeness (QED) is 0.881. The van der Waals surface area contributed by atoms with E-state index in [1.165, 1.54) is 11.3 Å². The summed E-state index contributed by atoms with van der Waals surface area (Å²) < 4.78 is 3.09. The Morgan fingerprint density at radius 1 is 1.45 bits per heavy atom. The number of nitrogens with one attached hydrogen (secondary N) is 1. The lowest BCUT2D eigenvalue weighted by atomic mass is 10.0. The van der Waals surface area contributed by atoms with Crippen LogP contribution in [0, 0.1) is 6.92 Å². The van der Waals surface area contributed by atoms with Crippen LogP contribution >= 0.6 is 15.9 Å². The zero-order valence-electron chi connectivity index (χ0n) is 12.2. The largest absolute Gasteiger partial charge is 0.317 e. The molecule has 0 radical (unpaired) electrons. The van der Waals surface area contributed by atoms with Gasteiger partial charge in [-0.1, -0.05) is 6.07 Å². The van der Waals surface area contributed by atoms with Crippen molar-refractivity contribution in [2.45, 2.75) is 32.2 Å². The fourth-order valence-electron chi connectivity index (χ4n) is 2.37. The van der Waals surface area contributed by atoms with Crippen molar-refractivity contribution in [3.8, 4) is 0 Å². The van der Waals surface area contributed by atoms with Crippen LogP contribution < -0.4 is 5.32 Å². The number of aromatic nitrogens is 3. The van der Waals surface area contributed by atoms with E-state index >= 15 is 0 Å². The monoisotopic (exact) mass is 336 g/mol. The van der Waals surface area contributed by atoms with Crippen LogP contribution in [0.1, 0.15) is 23.4 Å². The van der Waals surface area contributed by atoms with Gasteiger partial charge in [0.2, 0.25) is 0 Å². The highest BCUT2D eigenvalue weighted by atomic mass is 79.9. The third-order valence-corrected chi connectivity index (χ3v) is 4.65. The molecule has 5 heteroatoms. The second kappa shape index (κ2) is 6.99. The van der Waals surface area contributed by atoms with Crippen molar-refractivity contribution < 1.29 is 0 Å². The van der Waals surface area contributed by atoms with E-state index in [-0.39, 0.29) is 0 Å². The van der Waals surface area contributed by atoms with E-state index < -0.39 is 0 Å². The topological polar surface area (TPSA) is 42.7 Å². The van der Waals surface area contributed by atoms with Crippen LogP contribution in [0.15, 0.2) is 29.0 Å². The second-order valence-corrected chi connectivity index (χ2v) is 5.85. The Labute approximate surface area is 128 Å². The normalized spacial score (nSPS) is 12.6. The molecule has 2 rings (SSSR count). The lowest BCUT2D eigenvalue weighted by molar-refractivity contribution is 0.502. The predicted octanol–water partition coefficient (Wildman–Crippen LogP) is 2.65. The molecule has 0 aromatic carbocycles. The zero-order chi connectivity index (χ0) is 14.5. The summed E-state index contributed by atoms with van der Waals surface area (Å²) in [7, 11) is 4.02. The highest BCUT2D eigenvalue weighted by Crippen LogP contribution is 2.22. The molecular formula is C15H21BrN4. The summed E-state index contributed by atoms with van der Waals surface area (Å²) in [5, 5.41) is 7.85. The predicted molar refractivity (Wildman–Crippen MR) is 84.8 cm³/mol. The third-order valence-electron chi connectivity index (χ3n) is 3.61. The summed E-state index contributed by atoms with van der Waals surface area (Å²) in [6.45, 7) is 2.03. The van der Waals surface area contributed by atoms with Crippen LogP contribution in [0.2, 0.25) is 0 Å². The molecule has 4 nitrogen and oxygen atoms in total. The van der Waals surface area contributed by atoms with Gasteiger partial charge in [0.15, 0.2) is 0 Å². The molecule has 1 N–H and O–H groups in total. The van der Waals surface area contributed by atoms with E-state index in [0.717, 1.165) is 29.4 Å². The lowest BCUT2D eigenvalue weighted by Crippen LogP contribution is -2.29. The number of halogens is 1. The van der Waals surface area contributed by atoms with Gasteiger partial charge in [0, 0.05) is 31.9 Å². The SMILES string of the molecule is CNC(CCc1cccnc1)Cc1c(Br)c(C)nn1C. The number of pyridine rings is 1. The lowest BCUT2D eigenvalue weighted by Gasteiger charge is -2.16. The number of hydrogen-bond acceptors (Lipinski definition) is 3. The first-order valence-corrected chi connectivity index (χ1v) is 7.65. The Kier molecular flexibility index (Phi) is 5.31. The van der Waals surface area contributed by atoms with Gasteiger partial charge >= 0.3 is 0 Å². The summed E-state index contributed by atoms with van der Waals surface area (Å²) in [6, 6.07) is 4.55. The molecule has 20 heavy (non-hydrogen) atoms. The Morgan fingerprint density at radius 3 is 2.80 bits per heavy atom. The van der Waals surface area contributed by atoms with Gasteiger partial charge in [-0.2, -0.15) is 5.10 Å². The van der Waals surface area contributed by atoms with Gasteiger partial charge < -0.3 is 5.32 Å². The summed E-state index contributed by atoms with van der Waals surface area (Å²) >= 11 is 3.63. The fraction of sp³-hybridized carbons (Fsp3) is 0.467. The molecule has 0 aliphatic heterocycles. The summed E-state index contributed by atoms with van der Waals surface area (Å²) in [4.78, 5) is 4.16. The van der Waals surface area contributed by atoms with Crippen LogP contribution in [0.25, 0.3) is 0 Å². The molecule has 1 atom stereocenters. The average molecular weight is 337 g/mol. The van der Waals surface area contributed by atoms with Gasteiger partial charge in [0.1, 0.15) is 0 Å². The number of rotatable bonds is 6. The molecule has 0 spiro atoms. The van der Waals surface area contributed by atoms with Crippen molar-refractivity contribution in [3.63, 3.8) is 0 Å². The van der Waals surface area contributed by atoms with E-state index in [1.54, 1.807) is 0 Å². The van der Waals surface area contributed by atoms with Gasteiger partial charge in [0.25, 0.3) is 0 Å². The van der Waals surface area contributed by atoms with Gasteiger partial charge in [-0.25, -0.2) is 0 Å². The van der Waals surface area contributed by atoms with E-state index in [9.17, 15) is 0 Å². The molecule has 2 heterocycles. The minimum atomic E-state index is 0.432. The highest BCUT2D eigenvalue weighted by molar-refractivity contribution is 9.10. The first-order valence-electron chi connectivity index (χ1n) is 6.86. The summed E-state index contributed by atoms with van der Waals surface area (Å²) in [6.07, 6.45) is 6.84. The summed E-state index contributed by atoms with van der Waals surface area (Å²) in [5.41, 5.74) is 3.57.